The molecule has 0 aliphatic carbocycles. The van der Waals surface area contributed by atoms with Crippen LogP contribution in [0.3, 0.4) is 0 Å². The molecule has 1 aliphatic heterocycles. The molecule has 3 rings (SSSR count). The zero-order chi connectivity index (χ0) is 24.1. The number of nitrogens with two attached hydrogens (primary N) is 1. The minimum atomic E-state index is -1.31. The average molecular weight is 459 g/mol. The number of anilines is 4. The molecule has 8 N–H and O–H groups in total. The van der Waals surface area contributed by atoms with E-state index in [-0.39, 0.29) is 30.5 Å². The molecule has 33 heavy (non-hydrogen) atoms. The number of H-pyrrole nitrogens is 1. The summed E-state index contributed by atoms with van der Waals surface area (Å²) >= 11 is 0. The Kier molecular flexibility index (Phi) is 7.00. The van der Waals surface area contributed by atoms with Crippen molar-refractivity contribution in [3.8, 4) is 0 Å². The van der Waals surface area contributed by atoms with Gasteiger partial charge in [0.15, 0.2) is 11.5 Å². The normalized spacial score (nSPS) is 15.7. The molecule has 0 spiro atoms. The molecular formula is C20H25N7O6. The number of nitrogens with one attached hydrogen (secondary N) is 4. The lowest BCUT2D eigenvalue weighted by molar-refractivity contribution is -0.139. The Morgan fingerprint density at radius 1 is 1.27 bits per heavy atom. The van der Waals surface area contributed by atoms with Gasteiger partial charge in [-0.15, -0.1) is 0 Å². The number of nitrogen functional groups attached to an aromatic ring is 1. The van der Waals surface area contributed by atoms with Crippen molar-refractivity contribution < 1.29 is 24.6 Å². The van der Waals surface area contributed by atoms with Gasteiger partial charge in [0, 0.05) is 24.3 Å². The highest BCUT2D eigenvalue weighted by Gasteiger charge is 2.34. The van der Waals surface area contributed by atoms with E-state index in [1.807, 2.05) is 6.92 Å². The smallest absolute Gasteiger partial charge is 0.412 e. The van der Waals surface area contributed by atoms with Gasteiger partial charge in [-0.3, -0.25) is 19.5 Å². The third-order valence-corrected chi connectivity index (χ3v) is 5.10. The fourth-order valence-electron chi connectivity index (χ4n) is 3.50. The Bertz CT molecular complexity index is 1100. The van der Waals surface area contributed by atoms with Crippen molar-refractivity contribution in [1.29, 1.82) is 0 Å². The third kappa shape index (κ3) is 5.31. The fraction of sp³-hybridized carbons (Fsp3) is 0.350. The van der Waals surface area contributed by atoms with Gasteiger partial charge in [-0.1, -0.05) is 13.3 Å². The maximum absolute atomic E-state index is 12.3. The quantitative estimate of drug-likeness (QED) is 0.295. The van der Waals surface area contributed by atoms with Crippen molar-refractivity contribution in [3.63, 3.8) is 0 Å². The molecule has 2 atom stereocenters. The summed E-state index contributed by atoms with van der Waals surface area (Å²) in [5.41, 5.74) is 5.61. The zero-order valence-electron chi connectivity index (χ0n) is 17.8. The summed E-state index contributed by atoms with van der Waals surface area (Å²) in [4.78, 5) is 54.8. The Hall–Kier alpha value is -4.29. The van der Waals surface area contributed by atoms with E-state index in [2.05, 4.69) is 25.9 Å². The Morgan fingerprint density at radius 2 is 1.97 bits per heavy atom. The number of fused-ring (bicyclic) bond motifs is 1. The fourth-order valence-corrected chi connectivity index (χ4v) is 3.50. The number of carbonyl (C=O) groups excluding carboxylic acids is 1. The molecule has 1 aromatic carbocycles. The lowest BCUT2D eigenvalue weighted by Crippen LogP contribution is -2.52. The van der Waals surface area contributed by atoms with Gasteiger partial charge in [0.25, 0.3) is 11.5 Å². The second-order valence-electron chi connectivity index (χ2n) is 7.45. The van der Waals surface area contributed by atoms with Crippen molar-refractivity contribution >= 4 is 41.1 Å². The molecule has 2 unspecified atom stereocenters. The summed E-state index contributed by atoms with van der Waals surface area (Å²) in [5.74, 6) is -1.63. The van der Waals surface area contributed by atoms with Gasteiger partial charge in [-0.05, 0) is 30.7 Å². The number of aromatic amines is 1. The number of hydrogen-bond acceptors (Lipinski definition) is 8. The summed E-state index contributed by atoms with van der Waals surface area (Å²) < 4.78 is 0. The van der Waals surface area contributed by atoms with Crippen LogP contribution in [0.5, 0.6) is 0 Å². The summed E-state index contributed by atoms with van der Waals surface area (Å²) in [6, 6.07) is 4.71. The minimum Gasteiger partial charge on any atom is -0.480 e. The van der Waals surface area contributed by atoms with Crippen molar-refractivity contribution in [1.82, 2.24) is 15.3 Å². The average Bonchev–Trinajstić information content (AvgIpc) is 2.77. The van der Waals surface area contributed by atoms with E-state index in [0.717, 1.165) is 4.90 Å². The Balaban J connectivity index is 1.67. The van der Waals surface area contributed by atoms with E-state index < -0.39 is 35.6 Å². The van der Waals surface area contributed by atoms with Crippen molar-refractivity contribution in [2.24, 2.45) is 0 Å². The summed E-state index contributed by atoms with van der Waals surface area (Å²) in [7, 11) is 0. The van der Waals surface area contributed by atoms with Crippen LogP contribution in [0.2, 0.25) is 0 Å². The second-order valence-corrected chi connectivity index (χ2v) is 7.45. The van der Waals surface area contributed by atoms with Crippen LogP contribution < -0.4 is 32.1 Å². The molecule has 2 aromatic rings. The van der Waals surface area contributed by atoms with Gasteiger partial charge >= 0.3 is 12.1 Å². The number of amides is 2. The van der Waals surface area contributed by atoms with E-state index in [1.165, 1.54) is 12.1 Å². The Labute approximate surface area is 188 Å². The molecule has 13 heteroatoms. The molecule has 0 saturated heterocycles. The van der Waals surface area contributed by atoms with Gasteiger partial charge < -0.3 is 31.9 Å². The van der Waals surface area contributed by atoms with Crippen LogP contribution >= 0.6 is 0 Å². The van der Waals surface area contributed by atoms with E-state index in [1.54, 1.807) is 12.1 Å². The molecule has 0 bridgehead atoms. The first-order chi connectivity index (χ1) is 15.7. The zero-order valence-corrected chi connectivity index (χ0v) is 17.8. The van der Waals surface area contributed by atoms with Crippen LogP contribution in [0.1, 0.15) is 30.1 Å². The number of carbonyl (C=O) groups is 3. The SMILES string of the molecule is CCCC(NC(=O)c1ccc(NCC2CNc3nc(N)[nH]c(=O)c3N2C(=O)O)cc1)C(=O)O. The molecule has 0 saturated carbocycles. The van der Waals surface area contributed by atoms with Gasteiger partial charge in [0.05, 0.1) is 6.04 Å². The first-order valence-corrected chi connectivity index (χ1v) is 10.2. The monoisotopic (exact) mass is 459 g/mol. The van der Waals surface area contributed by atoms with Crippen LogP contribution in [0.25, 0.3) is 0 Å². The van der Waals surface area contributed by atoms with Crippen LogP contribution in [0.15, 0.2) is 29.1 Å². The van der Waals surface area contributed by atoms with Crippen LogP contribution in [0.4, 0.5) is 27.9 Å². The number of benzene rings is 1. The van der Waals surface area contributed by atoms with Gasteiger partial charge in [0.1, 0.15) is 6.04 Å². The first kappa shape index (κ1) is 23.4. The number of carboxylic acids is 1. The van der Waals surface area contributed by atoms with Crippen molar-refractivity contribution in [3.05, 3.63) is 40.2 Å². The van der Waals surface area contributed by atoms with E-state index in [0.29, 0.717) is 24.1 Å². The van der Waals surface area contributed by atoms with Crippen LogP contribution in [-0.4, -0.2) is 63.3 Å². The maximum Gasteiger partial charge on any atom is 0.412 e. The molecular weight excluding hydrogens is 434 g/mol. The Morgan fingerprint density at radius 3 is 2.58 bits per heavy atom. The van der Waals surface area contributed by atoms with Gasteiger partial charge in [-0.2, -0.15) is 4.98 Å². The van der Waals surface area contributed by atoms with Crippen LogP contribution in [-0.2, 0) is 4.79 Å². The third-order valence-electron chi connectivity index (χ3n) is 5.10. The number of hydrogen-bond donors (Lipinski definition) is 7. The molecule has 0 radical (unpaired) electrons. The molecule has 2 amide bonds. The summed E-state index contributed by atoms with van der Waals surface area (Å²) in [5, 5.41) is 27.3. The first-order valence-electron chi connectivity index (χ1n) is 10.2. The largest absolute Gasteiger partial charge is 0.480 e. The number of rotatable bonds is 8. The predicted molar refractivity (Wildman–Crippen MR) is 121 cm³/mol. The van der Waals surface area contributed by atoms with Crippen LogP contribution in [0, 0.1) is 0 Å². The lowest BCUT2D eigenvalue weighted by atomic mass is 10.1. The van der Waals surface area contributed by atoms with Crippen molar-refractivity contribution in [2.45, 2.75) is 31.8 Å². The van der Waals surface area contributed by atoms with E-state index in [4.69, 9.17) is 5.73 Å². The number of nitrogens with zero attached hydrogens (tertiary/aromatic N) is 2. The predicted octanol–water partition coefficient (Wildman–Crippen LogP) is 0.726. The molecule has 1 aliphatic rings. The second kappa shape index (κ2) is 9.89. The van der Waals surface area contributed by atoms with E-state index >= 15 is 0 Å². The standard InChI is InChI=1S/C20H25N7O6/c1-2-3-13(18(30)31)24-16(28)10-4-6-11(7-5-10)22-8-12-9-23-15-14(27(12)20(32)33)17(29)26-19(21)25-15/h4-7,12-13,22H,2-3,8-9H2,1H3,(H,24,28)(H,30,31)(H,32,33)(H4,21,23,25,26,29). The number of aliphatic carboxylic acids is 1. The minimum absolute atomic E-state index is 0.0907. The van der Waals surface area contributed by atoms with Crippen molar-refractivity contribution in [2.75, 3.05) is 34.4 Å². The van der Waals surface area contributed by atoms with Gasteiger partial charge in [-0.25, -0.2) is 9.59 Å². The summed E-state index contributed by atoms with van der Waals surface area (Å²) in [6.45, 7) is 2.18. The maximum atomic E-state index is 12.3. The topological polar surface area (TPSA) is 203 Å². The lowest BCUT2D eigenvalue weighted by Gasteiger charge is -2.34. The molecule has 1 aromatic heterocycles. The highest BCUT2D eigenvalue weighted by molar-refractivity contribution is 5.97. The highest BCUT2D eigenvalue weighted by atomic mass is 16.4. The highest BCUT2D eigenvalue weighted by Crippen LogP contribution is 2.26. The molecule has 176 valence electrons. The molecule has 0 fully saturated rings. The van der Waals surface area contributed by atoms with E-state index in [9.17, 15) is 29.4 Å². The molecule has 2 heterocycles. The molecule has 13 nitrogen and oxygen atoms in total. The number of carboxylic acid groups (broad SMARTS) is 2. The number of aromatic nitrogens is 2. The van der Waals surface area contributed by atoms with Gasteiger partial charge in [0.2, 0.25) is 5.95 Å². The summed E-state index contributed by atoms with van der Waals surface area (Å²) in [6.07, 6.45) is -0.373.